The second kappa shape index (κ2) is 9.00. The van der Waals surface area contributed by atoms with Crippen LogP contribution in [0.15, 0.2) is 36.4 Å². The van der Waals surface area contributed by atoms with E-state index in [-0.39, 0.29) is 29.7 Å². The van der Waals surface area contributed by atoms with Gasteiger partial charge in [-0.1, -0.05) is 31.5 Å². The number of primary amides is 1. The summed E-state index contributed by atoms with van der Waals surface area (Å²) < 4.78 is 59.9. The number of rotatable bonds is 8. The van der Waals surface area contributed by atoms with Crippen LogP contribution in [0, 0.1) is 0 Å². The third-order valence-electron chi connectivity index (χ3n) is 5.20. The molecule has 0 bridgehead atoms. The largest absolute Gasteiger partial charge is 0.506 e. The number of anilines is 1. The van der Waals surface area contributed by atoms with Crippen LogP contribution in [-0.2, 0) is 31.5 Å². The van der Waals surface area contributed by atoms with Crippen molar-refractivity contribution in [3.63, 3.8) is 0 Å². The Bertz CT molecular complexity index is 1320. The van der Waals surface area contributed by atoms with E-state index in [0.717, 1.165) is 4.31 Å². The fourth-order valence-electron chi connectivity index (χ4n) is 3.72. The molecule has 0 aromatic heterocycles. The lowest BCUT2D eigenvalue weighted by molar-refractivity contribution is -0.117. The number of hydrogen-bond acceptors (Lipinski definition) is 7. The maximum atomic E-state index is 12.0. The Kier molecular flexibility index (Phi) is 6.68. The van der Waals surface area contributed by atoms with Gasteiger partial charge in [0.1, 0.15) is 17.5 Å². The van der Waals surface area contributed by atoms with Gasteiger partial charge in [-0.25, -0.2) is 9.03 Å². The molecule has 1 saturated heterocycles. The van der Waals surface area contributed by atoms with E-state index in [9.17, 15) is 36.1 Å². The molecular weight excluding hydrogens is 474 g/mol. The van der Waals surface area contributed by atoms with Crippen molar-refractivity contribution in [2.45, 2.75) is 31.4 Å². The van der Waals surface area contributed by atoms with E-state index in [1.54, 1.807) is 6.92 Å². The van der Waals surface area contributed by atoms with E-state index in [2.05, 4.69) is 0 Å². The molecule has 33 heavy (non-hydrogen) atoms. The third-order valence-corrected chi connectivity index (χ3v) is 7.82. The van der Waals surface area contributed by atoms with E-state index >= 15 is 0 Å². The minimum Gasteiger partial charge on any atom is -0.506 e. The van der Waals surface area contributed by atoms with E-state index in [1.807, 2.05) is 4.72 Å². The van der Waals surface area contributed by atoms with Crippen molar-refractivity contribution >= 4 is 37.8 Å². The molecule has 1 atom stereocenters. The summed E-state index contributed by atoms with van der Waals surface area (Å²) in [6.45, 7) is 1.29. The Labute approximate surface area is 191 Å². The molecule has 0 saturated carbocycles. The first kappa shape index (κ1) is 24.5. The van der Waals surface area contributed by atoms with Crippen LogP contribution >= 0.6 is 0 Å². The van der Waals surface area contributed by atoms with Gasteiger partial charge in [0.2, 0.25) is 5.91 Å². The fourth-order valence-corrected chi connectivity index (χ4v) is 5.91. The Morgan fingerprint density at radius 3 is 2.45 bits per heavy atom. The van der Waals surface area contributed by atoms with Crippen LogP contribution in [0.5, 0.6) is 5.75 Å². The second-order valence-corrected chi connectivity index (χ2v) is 10.8. The summed E-state index contributed by atoms with van der Waals surface area (Å²) in [4.78, 5) is 23.4. The highest BCUT2D eigenvalue weighted by molar-refractivity contribution is 7.92. The summed E-state index contributed by atoms with van der Waals surface area (Å²) in [5.74, 6) is -1.89. The predicted octanol–water partition coefficient (Wildman–Crippen LogP) is 0.992. The number of amides is 2. The first-order valence-corrected chi connectivity index (χ1v) is 12.8. The van der Waals surface area contributed by atoms with Crippen molar-refractivity contribution in [3.8, 4) is 5.75 Å². The van der Waals surface area contributed by atoms with Crippen molar-refractivity contribution < 1.29 is 36.1 Å². The quantitative estimate of drug-likeness (QED) is 0.389. The topological polar surface area (TPSA) is 184 Å². The summed E-state index contributed by atoms with van der Waals surface area (Å²) in [5, 5.41) is 9.22. The maximum absolute atomic E-state index is 12.0. The van der Waals surface area contributed by atoms with Gasteiger partial charge in [0.25, 0.3) is 16.0 Å². The normalized spacial score (nSPS) is 16.4. The molecule has 2 aromatic carbocycles. The number of phenols is 1. The van der Waals surface area contributed by atoms with Gasteiger partial charge in [-0.3, -0.25) is 14.1 Å². The zero-order valence-corrected chi connectivity index (χ0v) is 19.2. The molecule has 11 nitrogen and oxygen atoms in total. The average Bonchev–Trinajstić information content (AvgIpc) is 2.97. The highest BCUT2D eigenvalue weighted by Crippen LogP contribution is 2.33. The number of aromatic hydroxyl groups is 1. The molecule has 3 rings (SSSR count). The Balaban J connectivity index is 1.99. The lowest BCUT2D eigenvalue weighted by Gasteiger charge is -2.18. The van der Waals surface area contributed by atoms with Gasteiger partial charge in [-0.15, -0.1) is 0 Å². The zero-order chi connectivity index (χ0) is 24.6. The molecule has 0 spiro atoms. The van der Waals surface area contributed by atoms with Crippen LogP contribution in [0.2, 0.25) is 0 Å². The van der Waals surface area contributed by atoms with E-state index in [4.69, 9.17) is 5.73 Å². The monoisotopic (exact) mass is 497 g/mol. The van der Waals surface area contributed by atoms with E-state index < -0.39 is 49.7 Å². The number of nitrogens with two attached hydrogens (primary N) is 1. The van der Waals surface area contributed by atoms with Crippen molar-refractivity contribution in [3.05, 3.63) is 58.7 Å². The number of carbonyl (C=O) groups is 2. The molecule has 1 aliphatic rings. The molecule has 1 heterocycles. The number of hydrogen-bond donors (Lipinski definition) is 4. The lowest BCUT2D eigenvalue weighted by Crippen LogP contribution is -2.29. The number of nitrogens with one attached hydrogen (secondary N) is 1. The van der Waals surface area contributed by atoms with Gasteiger partial charge in [-0.05, 0) is 47.7 Å². The molecule has 2 amide bonds. The molecule has 1 fully saturated rings. The van der Waals surface area contributed by atoms with Crippen LogP contribution in [0.4, 0.5) is 5.69 Å². The first-order valence-electron chi connectivity index (χ1n) is 9.87. The van der Waals surface area contributed by atoms with Crippen LogP contribution < -0.4 is 14.8 Å². The number of phenolic OH excluding ortho intramolecular Hbond substituents is 1. The van der Waals surface area contributed by atoms with Gasteiger partial charge in [0, 0.05) is 5.56 Å². The molecular formula is C20H23N3O8S2. The van der Waals surface area contributed by atoms with Crippen LogP contribution in [0.1, 0.15) is 52.1 Å². The highest BCUT2D eigenvalue weighted by atomic mass is 32.2. The van der Waals surface area contributed by atoms with E-state index in [1.165, 1.54) is 36.4 Å². The Morgan fingerprint density at radius 1 is 1.24 bits per heavy atom. The molecule has 178 valence electrons. The Hall–Kier alpha value is -3.16. The first-order chi connectivity index (χ1) is 15.3. The standard InChI is InChI=1S/C20H23N3O8S2/c1-2-3-18(32(27,28)29)13-5-6-15(20(21)26)14(10-13)8-12-4-7-16(17(24)9-12)23-11-19(25)22-33(23,30)31/h4-7,9-10,18,24H,2-3,8,11H2,1H3,(H2,21,26)(H,22,25)(H,27,28,29). The number of carbonyl (C=O) groups excluding carboxylic acids is 2. The van der Waals surface area contributed by atoms with Gasteiger partial charge >= 0.3 is 10.2 Å². The summed E-state index contributed by atoms with van der Waals surface area (Å²) in [7, 11) is -8.50. The number of nitrogens with zero attached hydrogens (tertiary/aromatic N) is 1. The molecule has 0 radical (unpaired) electrons. The van der Waals surface area contributed by atoms with Gasteiger partial charge in [0.15, 0.2) is 0 Å². The predicted molar refractivity (Wildman–Crippen MR) is 119 cm³/mol. The highest BCUT2D eigenvalue weighted by Gasteiger charge is 2.35. The second-order valence-electron chi connectivity index (χ2n) is 7.61. The summed E-state index contributed by atoms with van der Waals surface area (Å²) in [6.07, 6.45) is 0.707. The molecule has 1 aliphatic heterocycles. The van der Waals surface area contributed by atoms with Crippen LogP contribution in [0.3, 0.4) is 0 Å². The molecule has 0 aliphatic carbocycles. The minimum atomic E-state index is -4.39. The minimum absolute atomic E-state index is 0.0498. The summed E-state index contributed by atoms with van der Waals surface area (Å²) in [6, 6.07) is 8.35. The SMILES string of the molecule is CCCC(c1ccc(C(N)=O)c(Cc2ccc(N3CC(=O)NS3(=O)=O)c(O)c2)c1)S(=O)(=O)O. The third kappa shape index (κ3) is 5.26. The maximum Gasteiger partial charge on any atom is 0.326 e. The van der Waals surface area contributed by atoms with Crippen molar-refractivity contribution in [2.24, 2.45) is 5.73 Å². The van der Waals surface area contributed by atoms with Gasteiger partial charge < -0.3 is 10.8 Å². The van der Waals surface area contributed by atoms with Gasteiger partial charge in [-0.2, -0.15) is 16.8 Å². The van der Waals surface area contributed by atoms with Crippen molar-refractivity contribution in [1.82, 2.24) is 4.72 Å². The average molecular weight is 498 g/mol. The molecule has 13 heteroatoms. The fraction of sp³-hybridized carbons (Fsp3) is 0.300. The van der Waals surface area contributed by atoms with Crippen LogP contribution in [-0.4, -0.2) is 44.9 Å². The van der Waals surface area contributed by atoms with Gasteiger partial charge in [0.05, 0.1) is 5.69 Å². The van der Waals surface area contributed by atoms with E-state index in [0.29, 0.717) is 17.5 Å². The van der Waals surface area contributed by atoms with Crippen LogP contribution in [0.25, 0.3) is 0 Å². The summed E-state index contributed by atoms with van der Waals surface area (Å²) >= 11 is 0. The zero-order valence-electron chi connectivity index (χ0n) is 17.6. The Morgan fingerprint density at radius 2 is 1.94 bits per heavy atom. The smallest absolute Gasteiger partial charge is 0.326 e. The van der Waals surface area contributed by atoms with Crippen molar-refractivity contribution in [2.75, 3.05) is 10.8 Å². The summed E-state index contributed by atoms with van der Waals surface area (Å²) in [5.41, 5.74) is 6.59. The molecule has 2 aromatic rings. The van der Waals surface area contributed by atoms with Crippen molar-refractivity contribution in [1.29, 1.82) is 0 Å². The molecule has 1 unspecified atom stereocenters. The number of benzene rings is 2. The molecule has 5 N–H and O–H groups in total. The lowest BCUT2D eigenvalue weighted by atomic mass is 9.95.